The number of rotatable bonds is 5. The molecule has 1 unspecified atom stereocenters. The zero-order chi connectivity index (χ0) is 14.5. The van der Waals surface area contributed by atoms with Crippen molar-refractivity contribution in [3.8, 4) is 0 Å². The molecule has 2 aromatic rings. The fourth-order valence-electron chi connectivity index (χ4n) is 2.10. The molecular weight excluding hydrogens is 309 g/mol. The molecule has 1 nitrogen and oxygen atoms in total. The Morgan fingerprint density at radius 3 is 2.60 bits per heavy atom. The average Bonchev–Trinajstić information content (AvgIpc) is 2.45. The summed E-state index contributed by atoms with van der Waals surface area (Å²) in [6.07, 6.45) is 3.03. The number of halogens is 2. The van der Waals surface area contributed by atoms with Crippen LogP contribution < -0.4 is 5.32 Å². The Bertz CT molecular complexity index is 586. The molecule has 0 aliphatic heterocycles. The zero-order valence-corrected chi connectivity index (χ0v) is 13.8. The van der Waals surface area contributed by atoms with E-state index < -0.39 is 0 Å². The highest BCUT2D eigenvalue weighted by Gasteiger charge is 2.13. The molecule has 0 heterocycles. The minimum Gasteiger partial charge on any atom is -0.378 e. The van der Waals surface area contributed by atoms with Crippen molar-refractivity contribution in [2.75, 3.05) is 11.6 Å². The smallest absolute Gasteiger partial charge is 0.0525 e. The summed E-state index contributed by atoms with van der Waals surface area (Å²) in [5.41, 5.74) is 2.18. The molecule has 0 saturated carbocycles. The van der Waals surface area contributed by atoms with Crippen LogP contribution in [0.2, 0.25) is 10.0 Å². The molecule has 1 atom stereocenters. The van der Waals surface area contributed by atoms with Gasteiger partial charge in [0.15, 0.2) is 0 Å². The molecule has 0 amide bonds. The molecule has 0 aliphatic rings. The second-order valence-electron chi connectivity index (χ2n) is 4.50. The number of hydrogen-bond donors (Lipinski definition) is 1. The van der Waals surface area contributed by atoms with E-state index in [1.807, 2.05) is 12.1 Å². The van der Waals surface area contributed by atoms with E-state index in [1.165, 1.54) is 4.90 Å². The molecule has 2 aromatic carbocycles. The van der Waals surface area contributed by atoms with Gasteiger partial charge < -0.3 is 5.32 Å². The molecule has 0 aliphatic carbocycles. The molecule has 106 valence electrons. The first-order chi connectivity index (χ1) is 9.63. The van der Waals surface area contributed by atoms with Crippen molar-refractivity contribution in [3.05, 3.63) is 58.1 Å². The van der Waals surface area contributed by atoms with Gasteiger partial charge in [-0.1, -0.05) is 42.3 Å². The van der Waals surface area contributed by atoms with Crippen LogP contribution in [0.25, 0.3) is 0 Å². The van der Waals surface area contributed by atoms with Crippen LogP contribution in [-0.4, -0.2) is 6.26 Å². The molecule has 0 aromatic heterocycles. The highest BCUT2D eigenvalue weighted by Crippen LogP contribution is 2.31. The summed E-state index contributed by atoms with van der Waals surface area (Å²) < 4.78 is 0. The Morgan fingerprint density at radius 1 is 1.15 bits per heavy atom. The zero-order valence-electron chi connectivity index (χ0n) is 11.5. The van der Waals surface area contributed by atoms with E-state index in [-0.39, 0.29) is 6.04 Å². The van der Waals surface area contributed by atoms with Crippen LogP contribution in [0.4, 0.5) is 5.69 Å². The Kier molecular flexibility index (Phi) is 5.64. The molecule has 1 N–H and O–H groups in total. The van der Waals surface area contributed by atoms with E-state index in [4.69, 9.17) is 23.2 Å². The lowest BCUT2D eigenvalue weighted by Gasteiger charge is -2.20. The van der Waals surface area contributed by atoms with Crippen molar-refractivity contribution in [1.82, 2.24) is 0 Å². The highest BCUT2D eigenvalue weighted by atomic mass is 35.5. The number of thioether (sulfide) groups is 1. The number of nitrogens with one attached hydrogen (secondary N) is 1. The Balaban J connectivity index is 2.23. The summed E-state index contributed by atoms with van der Waals surface area (Å²) in [7, 11) is 0. The van der Waals surface area contributed by atoms with Crippen molar-refractivity contribution >= 4 is 40.7 Å². The van der Waals surface area contributed by atoms with Crippen molar-refractivity contribution in [3.63, 3.8) is 0 Å². The SMILES string of the molecule is CCC(Nc1cccc(SC)c1)c1ccc(Cl)cc1Cl. The summed E-state index contributed by atoms with van der Waals surface area (Å²) in [5.74, 6) is 0. The molecule has 2 rings (SSSR count). The molecule has 0 spiro atoms. The first-order valence-electron chi connectivity index (χ1n) is 6.49. The molecule has 20 heavy (non-hydrogen) atoms. The third kappa shape index (κ3) is 3.85. The number of hydrogen-bond acceptors (Lipinski definition) is 2. The average molecular weight is 326 g/mol. The van der Waals surface area contributed by atoms with Crippen LogP contribution in [0.15, 0.2) is 47.4 Å². The Labute approximate surface area is 134 Å². The first-order valence-corrected chi connectivity index (χ1v) is 8.47. The third-order valence-corrected chi connectivity index (χ3v) is 4.44. The third-order valence-electron chi connectivity index (χ3n) is 3.16. The summed E-state index contributed by atoms with van der Waals surface area (Å²) >= 11 is 14.0. The molecule has 4 heteroatoms. The molecule has 0 bridgehead atoms. The van der Waals surface area contributed by atoms with Crippen LogP contribution in [0, 0.1) is 0 Å². The van der Waals surface area contributed by atoms with Crippen molar-refractivity contribution in [2.24, 2.45) is 0 Å². The van der Waals surface area contributed by atoms with Gasteiger partial charge in [0.2, 0.25) is 0 Å². The van der Waals surface area contributed by atoms with Crippen molar-refractivity contribution in [2.45, 2.75) is 24.3 Å². The fraction of sp³-hybridized carbons (Fsp3) is 0.250. The maximum Gasteiger partial charge on any atom is 0.0525 e. The lowest BCUT2D eigenvalue weighted by molar-refractivity contribution is 0.749. The van der Waals surface area contributed by atoms with Crippen molar-refractivity contribution in [1.29, 1.82) is 0 Å². The van der Waals surface area contributed by atoms with E-state index in [2.05, 4.69) is 42.8 Å². The Hall–Kier alpha value is -0.830. The van der Waals surface area contributed by atoms with E-state index >= 15 is 0 Å². The summed E-state index contributed by atoms with van der Waals surface area (Å²) in [6, 6.07) is 14.2. The summed E-state index contributed by atoms with van der Waals surface area (Å²) in [5, 5.41) is 4.91. The minimum absolute atomic E-state index is 0.178. The van der Waals surface area contributed by atoms with Gasteiger partial charge in [-0.05, 0) is 48.6 Å². The van der Waals surface area contributed by atoms with Gasteiger partial charge in [0.1, 0.15) is 0 Å². The maximum absolute atomic E-state index is 6.30. The van der Waals surface area contributed by atoms with Gasteiger partial charge in [-0.2, -0.15) is 0 Å². The van der Waals surface area contributed by atoms with Crippen LogP contribution in [-0.2, 0) is 0 Å². The van der Waals surface area contributed by atoms with Gasteiger partial charge in [-0.25, -0.2) is 0 Å². The quantitative estimate of drug-likeness (QED) is 0.649. The van der Waals surface area contributed by atoms with Crippen molar-refractivity contribution < 1.29 is 0 Å². The van der Waals surface area contributed by atoms with Gasteiger partial charge >= 0.3 is 0 Å². The topological polar surface area (TPSA) is 12.0 Å². The first kappa shape index (κ1) is 15.6. The number of anilines is 1. The van der Waals surface area contributed by atoms with Gasteiger partial charge in [-0.15, -0.1) is 11.8 Å². The number of benzene rings is 2. The fourth-order valence-corrected chi connectivity index (χ4v) is 3.10. The van der Waals surface area contributed by atoms with Gasteiger partial charge in [0, 0.05) is 20.6 Å². The Morgan fingerprint density at radius 2 is 1.95 bits per heavy atom. The molecular formula is C16H17Cl2NS. The van der Waals surface area contributed by atoms with E-state index in [0.717, 1.165) is 17.7 Å². The lowest BCUT2D eigenvalue weighted by Crippen LogP contribution is -2.10. The van der Waals surface area contributed by atoms with Crippen LogP contribution >= 0.6 is 35.0 Å². The monoisotopic (exact) mass is 325 g/mol. The standard InChI is InChI=1S/C16H17Cl2NS/c1-3-16(14-8-7-11(17)9-15(14)18)19-12-5-4-6-13(10-12)20-2/h4-10,16,19H,3H2,1-2H3. The largest absolute Gasteiger partial charge is 0.378 e. The second-order valence-corrected chi connectivity index (χ2v) is 6.23. The van der Waals surface area contributed by atoms with Gasteiger partial charge in [0.25, 0.3) is 0 Å². The predicted octanol–water partition coefficient (Wildman–Crippen LogP) is 6.28. The van der Waals surface area contributed by atoms with Crippen LogP contribution in [0.1, 0.15) is 24.9 Å². The highest BCUT2D eigenvalue weighted by molar-refractivity contribution is 7.98. The van der Waals surface area contributed by atoms with Gasteiger partial charge in [-0.3, -0.25) is 0 Å². The molecule has 0 saturated heterocycles. The minimum atomic E-state index is 0.178. The molecule has 0 radical (unpaired) electrons. The lowest BCUT2D eigenvalue weighted by atomic mass is 10.0. The van der Waals surface area contributed by atoms with E-state index in [1.54, 1.807) is 17.8 Å². The van der Waals surface area contributed by atoms with E-state index in [0.29, 0.717) is 10.0 Å². The molecule has 0 fully saturated rings. The normalized spacial score (nSPS) is 12.2. The maximum atomic E-state index is 6.30. The van der Waals surface area contributed by atoms with Gasteiger partial charge in [0.05, 0.1) is 6.04 Å². The second kappa shape index (κ2) is 7.26. The predicted molar refractivity (Wildman–Crippen MR) is 91.3 cm³/mol. The van der Waals surface area contributed by atoms with Crippen LogP contribution in [0.5, 0.6) is 0 Å². The summed E-state index contributed by atoms with van der Waals surface area (Å²) in [6.45, 7) is 2.14. The van der Waals surface area contributed by atoms with E-state index in [9.17, 15) is 0 Å². The van der Waals surface area contributed by atoms with Crippen LogP contribution in [0.3, 0.4) is 0 Å². The summed E-state index contributed by atoms with van der Waals surface area (Å²) in [4.78, 5) is 1.24.